The number of hydrogen-bond donors (Lipinski definition) is 0. The molecule has 0 aliphatic rings. The van der Waals surface area contributed by atoms with Gasteiger partial charge in [0.25, 0.3) is 0 Å². The predicted molar refractivity (Wildman–Crippen MR) is 292 cm³/mol. The van der Waals surface area contributed by atoms with Crippen LogP contribution < -0.4 is 0 Å². The number of esters is 3. The maximum absolute atomic E-state index is 12.8. The highest BCUT2D eigenvalue weighted by molar-refractivity contribution is 5.71. The van der Waals surface area contributed by atoms with Crippen molar-refractivity contribution in [3.05, 3.63) is 158 Å². The molecule has 1 unspecified atom stereocenters. The molecule has 0 spiro atoms. The van der Waals surface area contributed by atoms with Gasteiger partial charge in [-0.2, -0.15) is 0 Å². The van der Waals surface area contributed by atoms with E-state index in [9.17, 15) is 14.4 Å². The second-order valence-corrected chi connectivity index (χ2v) is 16.9. The van der Waals surface area contributed by atoms with Gasteiger partial charge in [-0.25, -0.2) is 0 Å². The second-order valence-electron chi connectivity index (χ2n) is 16.9. The minimum Gasteiger partial charge on any atom is -0.462 e. The van der Waals surface area contributed by atoms with Crippen molar-refractivity contribution in [3.8, 4) is 0 Å². The molecule has 0 saturated heterocycles. The van der Waals surface area contributed by atoms with E-state index in [1.807, 2.05) is 54.7 Å². The summed E-state index contributed by atoms with van der Waals surface area (Å²) in [5.41, 5.74) is 0. The molecule has 0 aliphatic carbocycles. The van der Waals surface area contributed by atoms with E-state index >= 15 is 0 Å². The van der Waals surface area contributed by atoms with Crippen LogP contribution in [0.5, 0.6) is 0 Å². The Morgan fingerprint density at radius 3 is 1.13 bits per heavy atom. The summed E-state index contributed by atoms with van der Waals surface area (Å²) >= 11 is 0. The Morgan fingerprint density at radius 1 is 0.324 bits per heavy atom. The molecule has 0 bridgehead atoms. The van der Waals surface area contributed by atoms with E-state index in [0.717, 1.165) is 116 Å². The zero-order valence-corrected chi connectivity index (χ0v) is 43.0. The Balaban J connectivity index is 4.58. The number of rotatable bonds is 45. The lowest BCUT2D eigenvalue weighted by atomic mass is 10.1. The molecule has 0 amide bonds. The molecule has 378 valence electrons. The van der Waals surface area contributed by atoms with Crippen molar-refractivity contribution >= 4 is 17.9 Å². The van der Waals surface area contributed by atoms with Crippen LogP contribution >= 0.6 is 0 Å². The Kier molecular flexibility index (Phi) is 50.6. The molecule has 0 fully saturated rings. The van der Waals surface area contributed by atoms with E-state index in [-0.39, 0.29) is 44.0 Å². The number of unbranched alkanes of at least 4 members (excludes halogenated alkanes) is 15. The van der Waals surface area contributed by atoms with Crippen molar-refractivity contribution in [2.45, 2.75) is 200 Å². The smallest absolute Gasteiger partial charge is 0.306 e. The molecular weight excluding hydrogens is 841 g/mol. The molecule has 0 saturated carbocycles. The summed E-state index contributed by atoms with van der Waals surface area (Å²) in [5.74, 6) is -1.05. The van der Waals surface area contributed by atoms with E-state index in [2.05, 4.69) is 124 Å². The predicted octanol–water partition coefficient (Wildman–Crippen LogP) is 17.8. The molecule has 0 rings (SSSR count). The first-order valence-electron chi connectivity index (χ1n) is 26.6. The van der Waals surface area contributed by atoms with Gasteiger partial charge in [0.1, 0.15) is 13.2 Å². The van der Waals surface area contributed by atoms with Crippen LogP contribution in [-0.4, -0.2) is 37.2 Å². The van der Waals surface area contributed by atoms with Crippen LogP contribution in [0.2, 0.25) is 0 Å². The average molecular weight is 935 g/mol. The molecular formula is C62H94O6. The van der Waals surface area contributed by atoms with Crippen molar-refractivity contribution in [2.24, 2.45) is 0 Å². The zero-order chi connectivity index (χ0) is 49.3. The number of carbonyl (C=O) groups excluding carboxylic acids is 3. The van der Waals surface area contributed by atoms with Gasteiger partial charge >= 0.3 is 17.9 Å². The Hall–Kier alpha value is -4.97. The fourth-order valence-corrected chi connectivity index (χ4v) is 6.53. The third kappa shape index (κ3) is 52.0. The minimum atomic E-state index is -0.834. The molecule has 0 aliphatic heterocycles. The van der Waals surface area contributed by atoms with Gasteiger partial charge in [-0.3, -0.25) is 14.4 Å². The van der Waals surface area contributed by atoms with Gasteiger partial charge in [-0.1, -0.05) is 237 Å². The first-order chi connectivity index (χ1) is 33.5. The molecule has 68 heavy (non-hydrogen) atoms. The van der Waals surface area contributed by atoms with Gasteiger partial charge in [0.15, 0.2) is 6.10 Å². The fourth-order valence-electron chi connectivity index (χ4n) is 6.53. The van der Waals surface area contributed by atoms with E-state index in [0.29, 0.717) is 12.8 Å². The Morgan fingerprint density at radius 2 is 0.662 bits per heavy atom. The van der Waals surface area contributed by atoms with Crippen LogP contribution in [0.15, 0.2) is 158 Å². The summed E-state index contributed by atoms with van der Waals surface area (Å²) in [5, 5.41) is 0. The van der Waals surface area contributed by atoms with Gasteiger partial charge in [0, 0.05) is 19.3 Å². The topological polar surface area (TPSA) is 78.9 Å². The lowest BCUT2D eigenvalue weighted by Gasteiger charge is -2.18. The summed E-state index contributed by atoms with van der Waals surface area (Å²) in [6.45, 7) is 6.22. The molecule has 0 aromatic heterocycles. The van der Waals surface area contributed by atoms with Crippen molar-refractivity contribution in [1.29, 1.82) is 0 Å². The van der Waals surface area contributed by atoms with E-state index < -0.39 is 6.10 Å². The summed E-state index contributed by atoms with van der Waals surface area (Å²) in [7, 11) is 0. The van der Waals surface area contributed by atoms with Crippen LogP contribution in [0.1, 0.15) is 194 Å². The van der Waals surface area contributed by atoms with Gasteiger partial charge in [0.05, 0.1) is 0 Å². The molecule has 0 radical (unpaired) electrons. The van der Waals surface area contributed by atoms with Crippen molar-refractivity contribution < 1.29 is 28.6 Å². The number of carbonyl (C=O) groups is 3. The van der Waals surface area contributed by atoms with E-state index in [4.69, 9.17) is 14.2 Å². The van der Waals surface area contributed by atoms with Crippen molar-refractivity contribution in [1.82, 2.24) is 0 Å². The Bertz CT molecular complexity index is 1590. The van der Waals surface area contributed by atoms with Gasteiger partial charge in [-0.15, -0.1) is 0 Å². The zero-order valence-electron chi connectivity index (χ0n) is 43.0. The third-order valence-corrected chi connectivity index (χ3v) is 10.5. The molecule has 6 heteroatoms. The van der Waals surface area contributed by atoms with Gasteiger partial charge in [-0.05, 0) is 96.3 Å². The summed E-state index contributed by atoms with van der Waals surface area (Å²) in [6, 6.07) is 0. The molecule has 0 aromatic carbocycles. The van der Waals surface area contributed by atoms with Crippen LogP contribution in [0.25, 0.3) is 0 Å². The van der Waals surface area contributed by atoms with Crippen LogP contribution in [-0.2, 0) is 28.6 Å². The van der Waals surface area contributed by atoms with E-state index in [1.54, 1.807) is 0 Å². The maximum Gasteiger partial charge on any atom is 0.306 e. The van der Waals surface area contributed by atoms with Gasteiger partial charge < -0.3 is 14.2 Å². The van der Waals surface area contributed by atoms with Crippen molar-refractivity contribution in [2.75, 3.05) is 13.2 Å². The standard InChI is InChI=1S/C62H94O6/c1-4-7-10-13-16-19-22-25-27-29-31-33-34-37-40-43-46-49-52-55-61(64)67-58-59(57-66-60(63)54-51-48-45-42-39-36-24-21-18-15-12-9-6-3)68-62(65)56-53-50-47-44-41-38-35-32-30-28-26-23-20-17-14-11-8-5-2/h7,9-10,12,15-21,23-28,30-33,35-36,39,42,45,59H,4-6,8,11,13-14,22,29,34,37-38,40-41,43-44,46-58H2,1-3H3/b10-7-,12-9-,18-15-,19-16-,20-17-,24-21-,26-23-,27-25-,30-28-,33-31-,35-32-,39-36-,45-42-. The number of hydrogen-bond acceptors (Lipinski definition) is 6. The van der Waals surface area contributed by atoms with E-state index in [1.165, 1.54) is 32.1 Å². The number of ether oxygens (including phenoxy) is 3. The third-order valence-electron chi connectivity index (χ3n) is 10.5. The fraction of sp³-hybridized carbons (Fsp3) is 0.532. The SMILES string of the molecule is CC\C=C/C=C\C=C/C=C\C=C/CCCC(=O)OCC(COC(=O)CCCCCCCC/C=C\C/C=C\C/C=C\C/C=C\CC)OC(=O)CCCCCCC\C=C/C=C\C=C/C=C\CCCCC. The summed E-state index contributed by atoms with van der Waals surface area (Å²) in [4.78, 5) is 38.0. The molecule has 0 heterocycles. The highest BCUT2D eigenvalue weighted by atomic mass is 16.6. The van der Waals surface area contributed by atoms with Crippen LogP contribution in [0.3, 0.4) is 0 Å². The maximum atomic E-state index is 12.8. The van der Waals surface area contributed by atoms with Gasteiger partial charge in [0.2, 0.25) is 0 Å². The lowest BCUT2D eigenvalue weighted by Crippen LogP contribution is -2.30. The number of allylic oxidation sites excluding steroid dienone is 26. The largest absolute Gasteiger partial charge is 0.462 e. The highest BCUT2D eigenvalue weighted by Gasteiger charge is 2.19. The monoisotopic (exact) mass is 935 g/mol. The quantitative estimate of drug-likeness (QED) is 0.0199. The molecule has 0 aromatic rings. The molecule has 1 atom stereocenters. The molecule has 6 nitrogen and oxygen atoms in total. The molecule has 0 N–H and O–H groups in total. The van der Waals surface area contributed by atoms with Crippen molar-refractivity contribution in [3.63, 3.8) is 0 Å². The first kappa shape index (κ1) is 63.0. The summed E-state index contributed by atoms with van der Waals surface area (Å²) in [6.07, 6.45) is 79.4. The lowest BCUT2D eigenvalue weighted by molar-refractivity contribution is -0.167. The second kappa shape index (κ2) is 54.6. The van der Waals surface area contributed by atoms with Crippen LogP contribution in [0, 0.1) is 0 Å². The summed E-state index contributed by atoms with van der Waals surface area (Å²) < 4.78 is 16.7. The average Bonchev–Trinajstić information content (AvgIpc) is 3.34. The van der Waals surface area contributed by atoms with Crippen LogP contribution in [0.4, 0.5) is 0 Å². The minimum absolute atomic E-state index is 0.126. The first-order valence-corrected chi connectivity index (χ1v) is 26.6. The normalized spacial score (nSPS) is 13.4. The highest BCUT2D eigenvalue weighted by Crippen LogP contribution is 2.12. The Labute approximate surface area is 416 Å².